The normalized spacial score (nSPS) is 10.3. The fourth-order valence-corrected chi connectivity index (χ4v) is 2.72. The van der Waals surface area contributed by atoms with Crippen LogP contribution < -0.4 is 5.32 Å². The number of aldehydes is 1. The number of pyridine rings is 2. The summed E-state index contributed by atoms with van der Waals surface area (Å²) < 4.78 is 0. The highest BCUT2D eigenvalue weighted by molar-refractivity contribution is 7.17. The Balaban J connectivity index is 1.87. The molecule has 0 fully saturated rings. The van der Waals surface area contributed by atoms with Crippen LogP contribution in [0, 0.1) is 6.92 Å². The number of aryl methyl sites for hydroxylation is 1. The van der Waals surface area contributed by atoms with E-state index in [1.165, 1.54) is 11.3 Å². The van der Waals surface area contributed by atoms with Crippen molar-refractivity contribution in [2.75, 3.05) is 5.32 Å². The second kappa shape index (κ2) is 5.85. The lowest BCUT2D eigenvalue weighted by atomic mass is 10.3. The lowest BCUT2D eigenvalue weighted by Crippen LogP contribution is -1.96. The minimum absolute atomic E-state index is 0.700. The van der Waals surface area contributed by atoms with Gasteiger partial charge in [-0.25, -0.2) is 9.97 Å². The number of rotatable bonds is 4. The van der Waals surface area contributed by atoms with Crippen LogP contribution in [0.15, 0.2) is 48.7 Å². The number of carbonyl (C=O) groups excluding carboxylic acids is 1. The molecule has 0 aliphatic carbocycles. The van der Waals surface area contributed by atoms with Crippen molar-refractivity contribution < 1.29 is 4.79 Å². The molecule has 0 aliphatic rings. The molecule has 0 spiro atoms. The summed E-state index contributed by atoms with van der Waals surface area (Å²) in [7, 11) is 0. The molecule has 0 unspecified atom stereocenters. The van der Waals surface area contributed by atoms with E-state index in [-0.39, 0.29) is 0 Å². The molecule has 3 rings (SSSR count). The van der Waals surface area contributed by atoms with E-state index in [0.29, 0.717) is 4.88 Å². The van der Waals surface area contributed by atoms with Crippen LogP contribution >= 0.6 is 11.3 Å². The lowest BCUT2D eigenvalue weighted by Gasteiger charge is -2.06. The predicted octanol–water partition coefficient (Wildman–Crippen LogP) is 4.07. The number of nitrogens with zero attached hydrogens (tertiary/aromatic N) is 2. The predicted molar refractivity (Wildman–Crippen MR) is 85.2 cm³/mol. The summed E-state index contributed by atoms with van der Waals surface area (Å²) >= 11 is 1.43. The zero-order chi connectivity index (χ0) is 14.7. The highest BCUT2D eigenvalue weighted by Crippen LogP contribution is 2.27. The van der Waals surface area contributed by atoms with E-state index >= 15 is 0 Å². The van der Waals surface area contributed by atoms with E-state index < -0.39 is 0 Å². The van der Waals surface area contributed by atoms with Crippen molar-refractivity contribution in [1.29, 1.82) is 0 Å². The molecule has 0 bridgehead atoms. The summed E-state index contributed by atoms with van der Waals surface area (Å²) in [6, 6.07) is 13.4. The van der Waals surface area contributed by atoms with Crippen molar-refractivity contribution in [2.45, 2.75) is 6.92 Å². The number of hydrogen-bond donors (Lipinski definition) is 1. The van der Waals surface area contributed by atoms with E-state index in [2.05, 4.69) is 15.3 Å². The Bertz CT molecular complexity index is 782. The van der Waals surface area contributed by atoms with Gasteiger partial charge in [0.15, 0.2) is 6.29 Å². The van der Waals surface area contributed by atoms with Gasteiger partial charge in [0.2, 0.25) is 0 Å². The highest BCUT2D eigenvalue weighted by Gasteiger charge is 2.05. The van der Waals surface area contributed by atoms with Crippen molar-refractivity contribution in [1.82, 2.24) is 9.97 Å². The van der Waals surface area contributed by atoms with Crippen LogP contribution in [-0.4, -0.2) is 16.3 Å². The Morgan fingerprint density at radius 1 is 1.14 bits per heavy atom. The van der Waals surface area contributed by atoms with Gasteiger partial charge in [-0.15, -0.1) is 11.3 Å². The molecule has 3 aromatic heterocycles. The van der Waals surface area contributed by atoms with E-state index in [0.717, 1.165) is 34.1 Å². The van der Waals surface area contributed by atoms with Crippen molar-refractivity contribution in [3.05, 3.63) is 59.1 Å². The molecule has 0 saturated heterocycles. The molecule has 3 heterocycles. The number of thiophene rings is 1. The smallest absolute Gasteiger partial charge is 0.160 e. The van der Waals surface area contributed by atoms with Crippen LogP contribution in [0.4, 0.5) is 11.6 Å². The maximum atomic E-state index is 10.8. The molecule has 21 heavy (non-hydrogen) atoms. The summed E-state index contributed by atoms with van der Waals surface area (Å²) in [5.41, 5.74) is 1.98. The Kier molecular flexibility index (Phi) is 3.75. The third-order valence-corrected chi connectivity index (χ3v) is 3.95. The summed E-state index contributed by atoms with van der Waals surface area (Å²) in [5.74, 6) is 1.49. The van der Waals surface area contributed by atoms with Gasteiger partial charge in [0.25, 0.3) is 0 Å². The molecule has 0 radical (unpaired) electrons. The number of anilines is 2. The number of aromatic nitrogens is 2. The molecule has 5 heteroatoms. The molecule has 3 aromatic rings. The van der Waals surface area contributed by atoms with Crippen LogP contribution in [0.2, 0.25) is 0 Å². The van der Waals surface area contributed by atoms with E-state index in [1.807, 2.05) is 43.3 Å². The lowest BCUT2D eigenvalue weighted by molar-refractivity contribution is 0.112. The molecule has 4 nitrogen and oxygen atoms in total. The average molecular weight is 295 g/mol. The Labute approximate surface area is 126 Å². The van der Waals surface area contributed by atoms with E-state index in [1.54, 1.807) is 12.3 Å². The topological polar surface area (TPSA) is 54.9 Å². The van der Waals surface area contributed by atoms with Gasteiger partial charge in [0.05, 0.1) is 15.4 Å². The summed E-state index contributed by atoms with van der Waals surface area (Å²) in [4.78, 5) is 21.2. The molecular weight excluding hydrogens is 282 g/mol. The SMILES string of the molecule is Cc1ccnc(Nc2cccc(-c3ccc(C=O)s3)n2)c1. The van der Waals surface area contributed by atoms with E-state index in [9.17, 15) is 4.79 Å². The van der Waals surface area contributed by atoms with Crippen LogP contribution in [-0.2, 0) is 0 Å². The van der Waals surface area contributed by atoms with Gasteiger partial charge in [0, 0.05) is 6.20 Å². The summed E-state index contributed by atoms with van der Waals surface area (Å²) in [6.45, 7) is 2.02. The van der Waals surface area contributed by atoms with Crippen molar-refractivity contribution >= 4 is 29.3 Å². The van der Waals surface area contributed by atoms with Crippen LogP contribution in [0.25, 0.3) is 10.6 Å². The second-order valence-electron chi connectivity index (χ2n) is 4.57. The van der Waals surface area contributed by atoms with Gasteiger partial charge in [0.1, 0.15) is 11.6 Å². The number of carbonyl (C=O) groups is 1. The highest BCUT2D eigenvalue weighted by atomic mass is 32.1. The average Bonchev–Trinajstić information content (AvgIpc) is 2.96. The maximum absolute atomic E-state index is 10.8. The van der Waals surface area contributed by atoms with Gasteiger partial charge in [-0.1, -0.05) is 6.07 Å². The molecule has 1 N–H and O–H groups in total. The van der Waals surface area contributed by atoms with Crippen LogP contribution in [0.3, 0.4) is 0 Å². The number of nitrogens with one attached hydrogen (secondary N) is 1. The second-order valence-corrected chi connectivity index (χ2v) is 5.69. The molecule has 0 saturated carbocycles. The third kappa shape index (κ3) is 3.14. The van der Waals surface area contributed by atoms with Crippen molar-refractivity contribution in [3.63, 3.8) is 0 Å². The van der Waals surface area contributed by atoms with Crippen molar-refractivity contribution in [3.8, 4) is 10.6 Å². The van der Waals surface area contributed by atoms with E-state index in [4.69, 9.17) is 0 Å². The minimum Gasteiger partial charge on any atom is -0.325 e. The first kappa shape index (κ1) is 13.5. The first-order chi connectivity index (χ1) is 10.2. The van der Waals surface area contributed by atoms with Gasteiger partial charge < -0.3 is 5.32 Å². The molecule has 0 atom stereocenters. The minimum atomic E-state index is 0.700. The van der Waals surface area contributed by atoms with Gasteiger partial charge >= 0.3 is 0 Å². The molecule has 0 aromatic carbocycles. The first-order valence-corrected chi connectivity index (χ1v) is 7.28. The molecule has 0 aliphatic heterocycles. The quantitative estimate of drug-likeness (QED) is 0.737. The molecule has 0 amide bonds. The molecule has 104 valence electrons. The van der Waals surface area contributed by atoms with Gasteiger partial charge in [-0.3, -0.25) is 4.79 Å². The fraction of sp³-hybridized carbons (Fsp3) is 0.0625. The number of hydrogen-bond acceptors (Lipinski definition) is 5. The van der Waals surface area contributed by atoms with Gasteiger partial charge in [-0.05, 0) is 48.9 Å². The summed E-state index contributed by atoms with van der Waals surface area (Å²) in [6.07, 6.45) is 2.62. The Morgan fingerprint density at radius 2 is 2.05 bits per heavy atom. The zero-order valence-corrected chi connectivity index (χ0v) is 12.2. The Morgan fingerprint density at radius 3 is 2.81 bits per heavy atom. The van der Waals surface area contributed by atoms with Crippen molar-refractivity contribution in [2.24, 2.45) is 0 Å². The third-order valence-electron chi connectivity index (χ3n) is 2.92. The monoisotopic (exact) mass is 295 g/mol. The maximum Gasteiger partial charge on any atom is 0.160 e. The zero-order valence-electron chi connectivity index (χ0n) is 11.4. The molecular formula is C16H13N3OS. The standard InChI is InChI=1S/C16H13N3OS/c1-11-7-8-17-16(9-11)19-15-4-2-3-13(18-15)14-6-5-12(10-20)21-14/h2-10H,1H3,(H,17,18,19). The fourth-order valence-electron chi connectivity index (χ4n) is 1.93. The Hall–Kier alpha value is -2.53. The van der Waals surface area contributed by atoms with Crippen LogP contribution in [0.5, 0.6) is 0 Å². The summed E-state index contributed by atoms with van der Waals surface area (Å²) in [5, 5.41) is 3.19. The van der Waals surface area contributed by atoms with Gasteiger partial charge in [-0.2, -0.15) is 0 Å². The van der Waals surface area contributed by atoms with Crippen LogP contribution in [0.1, 0.15) is 15.2 Å². The first-order valence-electron chi connectivity index (χ1n) is 6.47. The largest absolute Gasteiger partial charge is 0.325 e.